The molecule has 94 valence electrons. The van der Waals surface area contributed by atoms with Crippen molar-refractivity contribution in [2.24, 2.45) is 17.3 Å². The molecule has 2 heteroatoms. The van der Waals surface area contributed by atoms with Gasteiger partial charge in [0, 0.05) is 0 Å². The summed E-state index contributed by atoms with van der Waals surface area (Å²) < 4.78 is 0. The fraction of sp³-hybridized carbons (Fsp3) is 1.00. The van der Waals surface area contributed by atoms with Gasteiger partial charge < -0.3 is 10.6 Å². The number of nitrogens with one attached hydrogen (secondary N) is 2. The zero-order valence-electron chi connectivity index (χ0n) is 11.0. The Labute approximate surface area is 101 Å². The topological polar surface area (TPSA) is 24.1 Å². The van der Waals surface area contributed by atoms with Gasteiger partial charge in [0.2, 0.25) is 0 Å². The molecule has 0 amide bonds. The van der Waals surface area contributed by atoms with Crippen LogP contribution in [0.15, 0.2) is 0 Å². The highest BCUT2D eigenvalue weighted by Gasteiger charge is 2.44. The Morgan fingerprint density at radius 3 is 2.56 bits per heavy atom. The van der Waals surface area contributed by atoms with Crippen LogP contribution in [0.4, 0.5) is 0 Å². The SMILES string of the molecule is CC1(C)CC1CNCCCC1CCNCC1. The van der Waals surface area contributed by atoms with Gasteiger partial charge >= 0.3 is 0 Å². The molecule has 0 aromatic carbocycles. The summed E-state index contributed by atoms with van der Waals surface area (Å²) in [6.07, 6.45) is 7.03. The fourth-order valence-corrected chi connectivity index (χ4v) is 2.89. The number of hydrogen-bond acceptors (Lipinski definition) is 2. The van der Waals surface area contributed by atoms with E-state index in [1.54, 1.807) is 0 Å². The van der Waals surface area contributed by atoms with Crippen LogP contribution in [-0.2, 0) is 0 Å². The first-order valence-electron chi connectivity index (χ1n) is 7.10. The Morgan fingerprint density at radius 2 is 1.94 bits per heavy atom. The maximum atomic E-state index is 3.63. The van der Waals surface area contributed by atoms with Gasteiger partial charge in [-0.2, -0.15) is 0 Å². The van der Waals surface area contributed by atoms with Gasteiger partial charge in [0.1, 0.15) is 0 Å². The lowest BCUT2D eigenvalue weighted by atomic mass is 9.93. The van der Waals surface area contributed by atoms with E-state index in [1.807, 2.05) is 0 Å². The first-order chi connectivity index (χ1) is 7.68. The molecule has 1 heterocycles. The fourth-order valence-electron chi connectivity index (χ4n) is 2.89. The summed E-state index contributed by atoms with van der Waals surface area (Å²) in [5, 5.41) is 7.06. The van der Waals surface area contributed by atoms with Gasteiger partial charge in [-0.05, 0) is 75.5 Å². The molecule has 0 aromatic rings. The van der Waals surface area contributed by atoms with Crippen LogP contribution in [0.2, 0.25) is 0 Å². The van der Waals surface area contributed by atoms with Gasteiger partial charge in [0.25, 0.3) is 0 Å². The first-order valence-corrected chi connectivity index (χ1v) is 7.10. The van der Waals surface area contributed by atoms with Crippen molar-refractivity contribution in [2.45, 2.75) is 46.0 Å². The lowest BCUT2D eigenvalue weighted by Gasteiger charge is -2.22. The standard InChI is InChI=1S/C14H28N2/c1-14(2)10-13(14)11-16-7-3-4-12-5-8-15-9-6-12/h12-13,15-16H,3-11H2,1-2H3. The highest BCUT2D eigenvalue weighted by Crippen LogP contribution is 2.50. The highest BCUT2D eigenvalue weighted by molar-refractivity contribution is 4.95. The molecule has 1 saturated carbocycles. The van der Waals surface area contributed by atoms with Gasteiger partial charge in [-0.1, -0.05) is 13.8 Å². The third-order valence-corrected chi connectivity index (χ3v) is 4.53. The van der Waals surface area contributed by atoms with Crippen LogP contribution >= 0.6 is 0 Å². The van der Waals surface area contributed by atoms with Crippen molar-refractivity contribution in [3.8, 4) is 0 Å². The largest absolute Gasteiger partial charge is 0.317 e. The number of piperidine rings is 1. The van der Waals surface area contributed by atoms with E-state index in [1.165, 1.54) is 58.3 Å². The Bertz CT molecular complexity index is 207. The van der Waals surface area contributed by atoms with E-state index >= 15 is 0 Å². The molecule has 0 bridgehead atoms. The third kappa shape index (κ3) is 3.74. The number of hydrogen-bond donors (Lipinski definition) is 2. The average Bonchev–Trinajstić information content (AvgIpc) is 2.87. The highest BCUT2D eigenvalue weighted by atomic mass is 14.9. The molecular weight excluding hydrogens is 196 g/mol. The van der Waals surface area contributed by atoms with Crippen LogP contribution in [0, 0.1) is 17.3 Å². The molecule has 1 atom stereocenters. The Balaban J connectivity index is 1.43. The minimum Gasteiger partial charge on any atom is -0.317 e. The van der Waals surface area contributed by atoms with Crippen LogP contribution < -0.4 is 10.6 Å². The van der Waals surface area contributed by atoms with E-state index < -0.39 is 0 Å². The first kappa shape index (κ1) is 12.4. The number of rotatable bonds is 6. The van der Waals surface area contributed by atoms with Crippen LogP contribution in [0.25, 0.3) is 0 Å². The molecule has 1 aliphatic heterocycles. The molecule has 2 fully saturated rings. The minimum absolute atomic E-state index is 0.641. The molecule has 1 unspecified atom stereocenters. The zero-order valence-corrected chi connectivity index (χ0v) is 11.0. The van der Waals surface area contributed by atoms with E-state index in [0.717, 1.165) is 11.8 Å². The quantitative estimate of drug-likeness (QED) is 0.677. The molecule has 1 aliphatic carbocycles. The van der Waals surface area contributed by atoms with Crippen molar-refractivity contribution < 1.29 is 0 Å². The van der Waals surface area contributed by atoms with Gasteiger partial charge in [-0.15, -0.1) is 0 Å². The van der Waals surface area contributed by atoms with Gasteiger partial charge in [-0.25, -0.2) is 0 Å². The predicted octanol–water partition coefficient (Wildman–Crippen LogP) is 2.40. The van der Waals surface area contributed by atoms with E-state index in [4.69, 9.17) is 0 Å². The minimum atomic E-state index is 0.641. The van der Waals surface area contributed by atoms with E-state index in [0.29, 0.717) is 5.41 Å². The Morgan fingerprint density at radius 1 is 1.25 bits per heavy atom. The van der Waals surface area contributed by atoms with Crippen molar-refractivity contribution in [3.05, 3.63) is 0 Å². The molecule has 2 aliphatic rings. The van der Waals surface area contributed by atoms with Gasteiger partial charge in [0.05, 0.1) is 0 Å². The van der Waals surface area contributed by atoms with Crippen molar-refractivity contribution in [3.63, 3.8) is 0 Å². The van der Waals surface area contributed by atoms with E-state index in [9.17, 15) is 0 Å². The molecule has 1 saturated heterocycles. The summed E-state index contributed by atoms with van der Waals surface area (Å²) in [5.74, 6) is 1.95. The summed E-state index contributed by atoms with van der Waals surface area (Å²) in [6, 6.07) is 0. The van der Waals surface area contributed by atoms with Crippen LogP contribution in [0.1, 0.15) is 46.0 Å². The molecule has 2 nitrogen and oxygen atoms in total. The molecule has 0 aromatic heterocycles. The molecule has 2 N–H and O–H groups in total. The molecule has 0 radical (unpaired) electrons. The summed E-state index contributed by atoms with van der Waals surface area (Å²) in [7, 11) is 0. The lowest BCUT2D eigenvalue weighted by Crippen LogP contribution is -2.28. The maximum Gasteiger partial charge on any atom is -0.00152 e. The maximum absolute atomic E-state index is 3.63. The van der Waals surface area contributed by atoms with Crippen molar-refractivity contribution in [1.29, 1.82) is 0 Å². The second-order valence-electron chi connectivity index (χ2n) is 6.43. The van der Waals surface area contributed by atoms with Crippen molar-refractivity contribution in [1.82, 2.24) is 10.6 Å². The average molecular weight is 224 g/mol. The zero-order chi connectivity index (χ0) is 11.4. The summed E-state index contributed by atoms with van der Waals surface area (Å²) in [4.78, 5) is 0. The Kier molecular flexibility index (Phi) is 4.26. The summed E-state index contributed by atoms with van der Waals surface area (Å²) in [5.41, 5.74) is 0.641. The lowest BCUT2D eigenvalue weighted by molar-refractivity contribution is 0.344. The van der Waals surface area contributed by atoms with Crippen molar-refractivity contribution >= 4 is 0 Å². The molecule has 0 spiro atoms. The second kappa shape index (κ2) is 5.50. The molecule has 2 rings (SSSR count). The van der Waals surface area contributed by atoms with Crippen LogP contribution in [0.3, 0.4) is 0 Å². The van der Waals surface area contributed by atoms with E-state index in [-0.39, 0.29) is 0 Å². The summed E-state index contributed by atoms with van der Waals surface area (Å²) in [6.45, 7) is 9.74. The molecular formula is C14H28N2. The monoisotopic (exact) mass is 224 g/mol. The second-order valence-corrected chi connectivity index (χ2v) is 6.43. The molecule has 16 heavy (non-hydrogen) atoms. The van der Waals surface area contributed by atoms with Gasteiger partial charge in [-0.3, -0.25) is 0 Å². The Hall–Kier alpha value is -0.0800. The third-order valence-electron chi connectivity index (χ3n) is 4.53. The normalized spacial score (nSPS) is 29.2. The smallest absolute Gasteiger partial charge is 0.00152 e. The summed E-state index contributed by atoms with van der Waals surface area (Å²) >= 11 is 0. The van der Waals surface area contributed by atoms with Gasteiger partial charge in [0.15, 0.2) is 0 Å². The van der Waals surface area contributed by atoms with Crippen molar-refractivity contribution in [2.75, 3.05) is 26.2 Å². The van der Waals surface area contributed by atoms with E-state index in [2.05, 4.69) is 24.5 Å². The van der Waals surface area contributed by atoms with Crippen LogP contribution in [0.5, 0.6) is 0 Å². The van der Waals surface area contributed by atoms with Crippen LogP contribution in [-0.4, -0.2) is 26.2 Å². The predicted molar refractivity (Wildman–Crippen MR) is 69.6 cm³/mol.